The van der Waals surface area contributed by atoms with E-state index in [0.717, 1.165) is 5.92 Å². The van der Waals surface area contributed by atoms with Crippen LogP contribution in [0.25, 0.3) is 0 Å². The quantitative estimate of drug-likeness (QED) is 0.703. The second-order valence-corrected chi connectivity index (χ2v) is 5.05. The van der Waals surface area contributed by atoms with Gasteiger partial charge in [0.05, 0.1) is 0 Å². The van der Waals surface area contributed by atoms with Crippen molar-refractivity contribution >= 4 is 0 Å². The van der Waals surface area contributed by atoms with Crippen LogP contribution < -0.4 is 10.6 Å². The van der Waals surface area contributed by atoms with Crippen molar-refractivity contribution in [1.82, 2.24) is 10.6 Å². The van der Waals surface area contributed by atoms with E-state index in [9.17, 15) is 0 Å². The lowest BCUT2D eigenvalue weighted by Crippen LogP contribution is -2.50. The fraction of sp³-hybridized carbons (Fsp3) is 1.00. The van der Waals surface area contributed by atoms with Crippen LogP contribution in [0.15, 0.2) is 0 Å². The minimum absolute atomic E-state index is 0.701. The molecule has 82 valence electrons. The van der Waals surface area contributed by atoms with Crippen molar-refractivity contribution in [2.24, 2.45) is 11.3 Å². The van der Waals surface area contributed by atoms with E-state index in [2.05, 4.69) is 17.6 Å². The summed E-state index contributed by atoms with van der Waals surface area (Å²) in [5.41, 5.74) is 0.701. The Morgan fingerprint density at radius 2 is 1.71 bits per heavy atom. The number of piperidine rings is 2. The van der Waals surface area contributed by atoms with Crippen LogP contribution in [0.4, 0.5) is 0 Å². The summed E-state index contributed by atoms with van der Waals surface area (Å²) < 4.78 is 0. The SMILES string of the molecule is CCCC1CNCCC12CCNCC2. The van der Waals surface area contributed by atoms with Gasteiger partial charge in [-0.2, -0.15) is 0 Å². The summed E-state index contributed by atoms with van der Waals surface area (Å²) in [5.74, 6) is 0.948. The minimum Gasteiger partial charge on any atom is -0.317 e. The van der Waals surface area contributed by atoms with Gasteiger partial charge in [0.15, 0.2) is 0 Å². The fourth-order valence-electron chi connectivity index (χ4n) is 3.37. The predicted octanol–water partition coefficient (Wildman–Crippen LogP) is 1.77. The van der Waals surface area contributed by atoms with Gasteiger partial charge in [0.25, 0.3) is 0 Å². The highest BCUT2D eigenvalue weighted by atomic mass is 14.9. The van der Waals surface area contributed by atoms with Crippen LogP contribution in [0.5, 0.6) is 0 Å². The van der Waals surface area contributed by atoms with E-state index in [0.29, 0.717) is 5.41 Å². The third kappa shape index (κ3) is 1.96. The van der Waals surface area contributed by atoms with Gasteiger partial charge in [-0.15, -0.1) is 0 Å². The molecule has 1 atom stereocenters. The molecule has 0 aromatic carbocycles. The van der Waals surface area contributed by atoms with Crippen molar-refractivity contribution in [2.75, 3.05) is 26.2 Å². The second-order valence-electron chi connectivity index (χ2n) is 5.05. The van der Waals surface area contributed by atoms with Gasteiger partial charge in [-0.05, 0) is 63.2 Å². The zero-order valence-corrected chi connectivity index (χ0v) is 9.44. The summed E-state index contributed by atoms with van der Waals surface area (Å²) in [6, 6.07) is 0. The van der Waals surface area contributed by atoms with E-state index >= 15 is 0 Å². The zero-order chi connectivity index (χ0) is 9.86. The number of hydrogen-bond donors (Lipinski definition) is 2. The first-order valence-corrected chi connectivity index (χ1v) is 6.29. The molecule has 1 unspecified atom stereocenters. The molecule has 2 nitrogen and oxygen atoms in total. The van der Waals surface area contributed by atoms with Crippen molar-refractivity contribution in [1.29, 1.82) is 0 Å². The van der Waals surface area contributed by atoms with Gasteiger partial charge in [-0.25, -0.2) is 0 Å². The van der Waals surface area contributed by atoms with Crippen LogP contribution in [0.2, 0.25) is 0 Å². The molecule has 2 fully saturated rings. The van der Waals surface area contributed by atoms with Gasteiger partial charge in [0.2, 0.25) is 0 Å². The van der Waals surface area contributed by atoms with E-state index in [4.69, 9.17) is 0 Å². The Bertz CT molecular complexity index is 163. The Morgan fingerprint density at radius 3 is 2.36 bits per heavy atom. The first-order valence-electron chi connectivity index (χ1n) is 6.29. The van der Waals surface area contributed by atoms with Gasteiger partial charge in [-0.3, -0.25) is 0 Å². The zero-order valence-electron chi connectivity index (χ0n) is 9.44. The van der Waals surface area contributed by atoms with E-state index in [-0.39, 0.29) is 0 Å². The molecule has 0 aromatic rings. The Labute approximate surface area is 87.8 Å². The molecular weight excluding hydrogens is 172 g/mol. The summed E-state index contributed by atoms with van der Waals surface area (Å²) in [6.07, 6.45) is 7.02. The maximum absolute atomic E-state index is 3.57. The predicted molar refractivity (Wildman–Crippen MR) is 60.4 cm³/mol. The molecule has 2 saturated heterocycles. The van der Waals surface area contributed by atoms with Crippen molar-refractivity contribution in [2.45, 2.75) is 39.0 Å². The van der Waals surface area contributed by atoms with Gasteiger partial charge in [0, 0.05) is 0 Å². The maximum Gasteiger partial charge on any atom is -0.00152 e. The van der Waals surface area contributed by atoms with Crippen LogP contribution in [-0.4, -0.2) is 26.2 Å². The molecule has 0 bridgehead atoms. The van der Waals surface area contributed by atoms with Gasteiger partial charge in [-0.1, -0.05) is 13.3 Å². The molecule has 0 aromatic heterocycles. The maximum atomic E-state index is 3.57. The van der Waals surface area contributed by atoms with Crippen molar-refractivity contribution in [3.8, 4) is 0 Å². The standard InChI is InChI=1S/C12H24N2/c1-2-3-11-10-14-9-6-12(11)4-7-13-8-5-12/h11,13-14H,2-10H2,1H3. The molecule has 2 aliphatic rings. The summed E-state index contributed by atoms with van der Waals surface area (Å²) in [4.78, 5) is 0. The van der Waals surface area contributed by atoms with Crippen LogP contribution in [0, 0.1) is 11.3 Å². The smallest absolute Gasteiger partial charge is 0.00152 e. The third-order valence-corrected chi connectivity index (χ3v) is 4.29. The molecule has 2 heterocycles. The summed E-state index contributed by atoms with van der Waals surface area (Å²) in [6.45, 7) is 7.35. The van der Waals surface area contributed by atoms with Crippen molar-refractivity contribution in [3.63, 3.8) is 0 Å². The molecule has 0 amide bonds. The highest BCUT2D eigenvalue weighted by Crippen LogP contribution is 2.43. The topological polar surface area (TPSA) is 24.1 Å². The van der Waals surface area contributed by atoms with E-state index in [1.807, 2.05) is 0 Å². The molecule has 1 spiro atoms. The first kappa shape index (κ1) is 10.4. The largest absolute Gasteiger partial charge is 0.317 e. The van der Waals surface area contributed by atoms with E-state index in [1.165, 1.54) is 58.3 Å². The summed E-state index contributed by atoms with van der Waals surface area (Å²) >= 11 is 0. The third-order valence-electron chi connectivity index (χ3n) is 4.29. The van der Waals surface area contributed by atoms with Gasteiger partial charge >= 0.3 is 0 Å². The summed E-state index contributed by atoms with van der Waals surface area (Å²) in [5, 5.41) is 7.07. The fourth-order valence-corrected chi connectivity index (χ4v) is 3.37. The molecule has 0 aliphatic carbocycles. The normalized spacial score (nSPS) is 31.9. The van der Waals surface area contributed by atoms with Gasteiger partial charge < -0.3 is 10.6 Å². The lowest BCUT2D eigenvalue weighted by Gasteiger charge is -2.47. The highest BCUT2D eigenvalue weighted by molar-refractivity contribution is 4.94. The molecule has 0 radical (unpaired) electrons. The Morgan fingerprint density at radius 1 is 1.07 bits per heavy atom. The second kappa shape index (κ2) is 4.63. The average molecular weight is 196 g/mol. The van der Waals surface area contributed by atoms with Crippen molar-refractivity contribution in [3.05, 3.63) is 0 Å². The summed E-state index contributed by atoms with van der Waals surface area (Å²) in [7, 11) is 0. The average Bonchev–Trinajstić information content (AvgIpc) is 2.23. The molecule has 14 heavy (non-hydrogen) atoms. The Hall–Kier alpha value is -0.0800. The highest BCUT2D eigenvalue weighted by Gasteiger charge is 2.40. The number of hydrogen-bond acceptors (Lipinski definition) is 2. The monoisotopic (exact) mass is 196 g/mol. The van der Waals surface area contributed by atoms with E-state index < -0.39 is 0 Å². The number of nitrogens with one attached hydrogen (secondary N) is 2. The Balaban J connectivity index is 2.02. The lowest BCUT2D eigenvalue weighted by molar-refractivity contribution is 0.0608. The number of rotatable bonds is 2. The minimum atomic E-state index is 0.701. The molecule has 2 heteroatoms. The lowest BCUT2D eigenvalue weighted by atomic mass is 9.64. The Kier molecular flexibility index (Phi) is 3.45. The van der Waals surface area contributed by atoms with Crippen LogP contribution in [-0.2, 0) is 0 Å². The van der Waals surface area contributed by atoms with E-state index in [1.54, 1.807) is 0 Å². The molecule has 2 N–H and O–H groups in total. The van der Waals surface area contributed by atoms with Crippen LogP contribution in [0.3, 0.4) is 0 Å². The van der Waals surface area contributed by atoms with Crippen LogP contribution in [0.1, 0.15) is 39.0 Å². The molecule has 0 saturated carbocycles. The van der Waals surface area contributed by atoms with Crippen molar-refractivity contribution < 1.29 is 0 Å². The first-order chi connectivity index (χ1) is 6.87. The molecule has 2 rings (SSSR count). The van der Waals surface area contributed by atoms with Gasteiger partial charge in [0.1, 0.15) is 0 Å². The molecular formula is C12H24N2. The molecule has 2 aliphatic heterocycles. The van der Waals surface area contributed by atoms with Crippen LogP contribution >= 0.6 is 0 Å².